The largest absolute Gasteiger partial charge is 0.432 e. The van der Waals surface area contributed by atoms with Crippen molar-refractivity contribution < 1.29 is 13.9 Å². The van der Waals surface area contributed by atoms with Gasteiger partial charge in [0.15, 0.2) is 17.2 Å². The number of aromatic amines is 1. The predicted molar refractivity (Wildman–Crippen MR) is 141 cm³/mol. The maximum absolute atomic E-state index is 6.33. The summed E-state index contributed by atoms with van der Waals surface area (Å²) in [5.41, 5.74) is 5.33. The summed E-state index contributed by atoms with van der Waals surface area (Å²) in [6, 6.07) is 10.5. The Morgan fingerprint density at radius 3 is 2.73 bits per heavy atom. The third kappa shape index (κ3) is 3.68. The highest BCUT2D eigenvalue weighted by Gasteiger charge is 2.33. The van der Waals surface area contributed by atoms with E-state index < -0.39 is 0 Å². The number of hydrogen-bond donors (Lipinski definition) is 1. The van der Waals surface area contributed by atoms with Crippen molar-refractivity contribution in [2.24, 2.45) is 0 Å². The van der Waals surface area contributed by atoms with Gasteiger partial charge in [0.05, 0.1) is 30.8 Å². The zero-order valence-electron chi connectivity index (χ0n) is 20.5. The molecule has 1 unspecified atom stereocenters. The van der Waals surface area contributed by atoms with E-state index in [2.05, 4.69) is 39.0 Å². The van der Waals surface area contributed by atoms with E-state index in [1.165, 1.54) is 12.8 Å². The van der Waals surface area contributed by atoms with Crippen LogP contribution in [-0.4, -0.2) is 76.4 Å². The maximum atomic E-state index is 6.33. The molecule has 0 aliphatic carbocycles. The number of fused-ring (bicyclic) bond motifs is 6. The molecule has 9 heteroatoms. The molecule has 0 saturated carbocycles. The van der Waals surface area contributed by atoms with Gasteiger partial charge in [-0.15, -0.1) is 0 Å². The maximum Gasteiger partial charge on any atom is 0.229 e. The second kappa shape index (κ2) is 8.51. The summed E-state index contributed by atoms with van der Waals surface area (Å²) in [4.78, 5) is 22.9. The summed E-state index contributed by atoms with van der Waals surface area (Å²) >= 11 is 0. The quantitative estimate of drug-likeness (QED) is 0.397. The summed E-state index contributed by atoms with van der Waals surface area (Å²) in [5, 5.41) is 2.03. The van der Waals surface area contributed by atoms with E-state index in [0.717, 1.165) is 71.5 Å². The number of furan rings is 1. The van der Waals surface area contributed by atoms with E-state index in [1.807, 2.05) is 18.5 Å². The van der Waals surface area contributed by atoms with Gasteiger partial charge in [-0.2, -0.15) is 0 Å². The van der Waals surface area contributed by atoms with Gasteiger partial charge in [0.25, 0.3) is 0 Å². The number of H-pyrrole nitrogens is 1. The topological polar surface area (TPSA) is 92.5 Å². The standard InChI is InChI=1S/C28H28N6O3/c1-2-21(20-6-7-29-23(20)3-1)26-31-24-22-12-17(14-33-15-18-4-5-19(16-33)36-18)13-30-28(22)37-25(24)27(32-26)34-8-10-35-11-9-34/h1-3,6-7,12-13,18-19,29H,4-5,8-11,14-16H2/t18-,19?/m1/s1. The lowest BCUT2D eigenvalue weighted by molar-refractivity contribution is -0.0410. The fourth-order valence-corrected chi connectivity index (χ4v) is 6.12. The van der Waals surface area contributed by atoms with Crippen LogP contribution in [0.15, 0.2) is 47.1 Å². The molecule has 2 bridgehead atoms. The number of hydrogen-bond acceptors (Lipinski definition) is 8. The molecular formula is C28H28N6O3. The van der Waals surface area contributed by atoms with Crippen LogP contribution in [0.3, 0.4) is 0 Å². The van der Waals surface area contributed by atoms with Crippen molar-refractivity contribution in [2.75, 3.05) is 44.3 Å². The first kappa shape index (κ1) is 21.5. The summed E-state index contributed by atoms with van der Waals surface area (Å²) in [6.07, 6.45) is 6.97. The van der Waals surface area contributed by atoms with Crippen LogP contribution in [0.1, 0.15) is 18.4 Å². The first-order valence-corrected chi connectivity index (χ1v) is 13.1. The van der Waals surface area contributed by atoms with Gasteiger partial charge in [0.1, 0.15) is 5.52 Å². The second-order valence-corrected chi connectivity index (χ2v) is 10.3. The summed E-state index contributed by atoms with van der Waals surface area (Å²) in [6.45, 7) is 5.66. The van der Waals surface area contributed by atoms with Gasteiger partial charge in [-0.25, -0.2) is 15.0 Å². The lowest BCUT2D eigenvalue weighted by atomic mass is 10.1. The van der Waals surface area contributed by atoms with E-state index >= 15 is 0 Å². The molecule has 3 fully saturated rings. The van der Waals surface area contributed by atoms with Crippen LogP contribution in [0.25, 0.3) is 44.5 Å². The molecule has 188 valence electrons. The first-order valence-electron chi connectivity index (χ1n) is 13.1. The fourth-order valence-electron chi connectivity index (χ4n) is 6.12. The van der Waals surface area contributed by atoms with E-state index in [9.17, 15) is 0 Å². The smallest absolute Gasteiger partial charge is 0.229 e. The zero-order valence-corrected chi connectivity index (χ0v) is 20.5. The van der Waals surface area contributed by atoms with Crippen molar-refractivity contribution in [3.05, 3.63) is 48.3 Å². The third-order valence-electron chi connectivity index (χ3n) is 7.88. The molecule has 1 aromatic carbocycles. The van der Waals surface area contributed by atoms with E-state index in [0.29, 0.717) is 42.5 Å². The van der Waals surface area contributed by atoms with E-state index in [-0.39, 0.29) is 0 Å². The number of pyridine rings is 1. The highest BCUT2D eigenvalue weighted by atomic mass is 16.5. The van der Waals surface area contributed by atoms with E-state index in [1.54, 1.807) is 0 Å². The van der Waals surface area contributed by atoms with Crippen LogP contribution in [0.2, 0.25) is 0 Å². The molecule has 0 radical (unpaired) electrons. The van der Waals surface area contributed by atoms with Crippen molar-refractivity contribution in [2.45, 2.75) is 31.6 Å². The van der Waals surface area contributed by atoms with Crippen molar-refractivity contribution in [1.29, 1.82) is 0 Å². The average molecular weight is 497 g/mol. The Bertz CT molecular complexity index is 1610. The Morgan fingerprint density at radius 2 is 1.86 bits per heavy atom. The Balaban J connectivity index is 1.27. The highest BCUT2D eigenvalue weighted by Crippen LogP contribution is 2.36. The van der Waals surface area contributed by atoms with Gasteiger partial charge in [-0.1, -0.05) is 12.1 Å². The number of rotatable bonds is 4. The van der Waals surface area contributed by atoms with Crippen molar-refractivity contribution in [1.82, 2.24) is 24.8 Å². The Labute approximate surface area is 213 Å². The molecule has 3 aliphatic rings. The minimum absolute atomic E-state index is 0.368. The molecule has 0 spiro atoms. The molecule has 9 nitrogen and oxygen atoms in total. The van der Waals surface area contributed by atoms with Gasteiger partial charge in [-0.05, 0) is 36.6 Å². The normalized spacial score (nSPS) is 22.5. The average Bonchev–Trinajstić information content (AvgIpc) is 3.65. The number of morpholine rings is 2. The van der Waals surface area contributed by atoms with Crippen LogP contribution >= 0.6 is 0 Å². The molecule has 8 rings (SSSR count). The van der Waals surface area contributed by atoms with Crippen LogP contribution in [0.4, 0.5) is 5.82 Å². The summed E-state index contributed by atoms with van der Waals surface area (Å²) in [7, 11) is 0. The Kier molecular flexibility index (Phi) is 4.96. The molecule has 3 aliphatic heterocycles. The van der Waals surface area contributed by atoms with Crippen molar-refractivity contribution in [3.63, 3.8) is 0 Å². The fraction of sp³-hybridized carbons (Fsp3) is 0.393. The molecule has 7 heterocycles. The molecule has 1 N–H and O–H groups in total. The SMILES string of the molecule is c1cc(-c2nc(N3CCOCC3)c3oc4ncc(CN5CC6CC[C@H](C5)O6)cc4c3n2)c2cc[nH]c2c1. The molecule has 2 atom stereocenters. The van der Waals surface area contributed by atoms with Crippen LogP contribution in [-0.2, 0) is 16.0 Å². The zero-order chi connectivity index (χ0) is 24.3. The van der Waals surface area contributed by atoms with Crippen molar-refractivity contribution >= 4 is 38.9 Å². The van der Waals surface area contributed by atoms with Crippen molar-refractivity contribution in [3.8, 4) is 11.4 Å². The molecule has 0 amide bonds. The molecule has 5 aromatic rings. The number of likely N-dealkylation sites (tertiary alicyclic amines) is 1. The van der Waals surface area contributed by atoms with Gasteiger partial charge in [0.2, 0.25) is 5.71 Å². The molecular weight excluding hydrogens is 468 g/mol. The highest BCUT2D eigenvalue weighted by molar-refractivity contribution is 6.06. The van der Waals surface area contributed by atoms with Gasteiger partial charge in [-0.3, -0.25) is 4.90 Å². The number of aromatic nitrogens is 4. The Morgan fingerprint density at radius 1 is 1.00 bits per heavy atom. The van der Waals surface area contributed by atoms with Gasteiger partial charge >= 0.3 is 0 Å². The van der Waals surface area contributed by atoms with Gasteiger partial charge in [0, 0.05) is 61.6 Å². The lowest BCUT2D eigenvalue weighted by Gasteiger charge is -2.31. The predicted octanol–water partition coefficient (Wildman–Crippen LogP) is 4.12. The minimum Gasteiger partial charge on any atom is -0.432 e. The number of ether oxygens (including phenoxy) is 2. The minimum atomic E-state index is 0.368. The number of benzene rings is 1. The van der Waals surface area contributed by atoms with Gasteiger partial charge < -0.3 is 23.8 Å². The molecule has 37 heavy (non-hydrogen) atoms. The van der Waals surface area contributed by atoms with E-state index in [4.69, 9.17) is 28.8 Å². The van der Waals surface area contributed by atoms with Crippen LogP contribution in [0, 0.1) is 0 Å². The first-order chi connectivity index (χ1) is 18.3. The second-order valence-electron chi connectivity index (χ2n) is 10.3. The Hall–Kier alpha value is -3.53. The van der Waals surface area contributed by atoms with Crippen LogP contribution < -0.4 is 4.90 Å². The third-order valence-corrected chi connectivity index (χ3v) is 7.88. The number of nitrogens with one attached hydrogen (secondary N) is 1. The van der Waals surface area contributed by atoms with Crippen LogP contribution in [0.5, 0.6) is 0 Å². The number of nitrogens with zero attached hydrogens (tertiary/aromatic N) is 5. The monoisotopic (exact) mass is 496 g/mol. The summed E-state index contributed by atoms with van der Waals surface area (Å²) < 4.78 is 18.0. The summed E-state index contributed by atoms with van der Waals surface area (Å²) in [5.74, 6) is 1.50. The molecule has 3 saturated heterocycles. The number of anilines is 1. The lowest BCUT2D eigenvalue weighted by Crippen LogP contribution is -2.41. The molecule has 4 aromatic heterocycles.